The molecule has 6 rings (SSSR count). The van der Waals surface area contributed by atoms with Crippen LogP contribution in [-0.4, -0.2) is 24.9 Å². The summed E-state index contributed by atoms with van der Waals surface area (Å²) in [4.78, 5) is 19.9. The molecule has 33 heavy (non-hydrogen) atoms. The van der Waals surface area contributed by atoms with Crippen LogP contribution in [0.2, 0.25) is 10.0 Å². The molecule has 162 valence electrons. The van der Waals surface area contributed by atoms with Crippen molar-refractivity contribution >= 4 is 61.9 Å². The number of nitrogens with zero attached hydrogens (tertiary/aromatic N) is 3. The molecule has 0 unspecified atom stereocenters. The average Bonchev–Trinajstić information content (AvgIpc) is 3.40. The summed E-state index contributed by atoms with van der Waals surface area (Å²) < 4.78 is 0. The summed E-state index contributed by atoms with van der Waals surface area (Å²) in [6.45, 7) is 0.587. The maximum atomic E-state index is 6.23. The lowest BCUT2D eigenvalue weighted by atomic mass is 10.1. The summed E-state index contributed by atoms with van der Waals surface area (Å²) in [5, 5.41) is 7.79. The molecule has 0 amide bonds. The smallest absolute Gasteiger partial charge is 0.150 e. The van der Waals surface area contributed by atoms with Crippen LogP contribution in [0.15, 0.2) is 67.3 Å². The molecule has 3 N–H and O–H groups in total. The van der Waals surface area contributed by atoms with E-state index in [1.165, 1.54) is 5.56 Å². The fourth-order valence-electron chi connectivity index (χ4n) is 4.12. The van der Waals surface area contributed by atoms with Crippen LogP contribution in [0.1, 0.15) is 16.8 Å². The Morgan fingerprint density at radius 3 is 2.76 bits per heavy atom. The molecule has 1 aromatic carbocycles. The Labute approximate surface area is 199 Å². The van der Waals surface area contributed by atoms with Crippen molar-refractivity contribution in [1.82, 2.24) is 24.9 Å². The van der Waals surface area contributed by atoms with Crippen molar-refractivity contribution in [2.24, 2.45) is 0 Å². The highest BCUT2D eigenvalue weighted by Gasteiger charge is 2.09. The van der Waals surface area contributed by atoms with Gasteiger partial charge in [-0.3, -0.25) is 4.98 Å². The summed E-state index contributed by atoms with van der Waals surface area (Å²) >= 11 is 12.3. The van der Waals surface area contributed by atoms with E-state index in [4.69, 9.17) is 23.2 Å². The average molecular weight is 473 g/mol. The molecule has 5 aromatic heterocycles. The van der Waals surface area contributed by atoms with E-state index in [0.29, 0.717) is 16.6 Å². The molecule has 5 heterocycles. The van der Waals surface area contributed by atoms with Gasteiger partial charge >= 0.3 is 0 Å². The number of nitrogens with one attached hydrogen (secondary N) is 3. The van der Waals surface area contributed by atoms with Gasteiger partial charge in [-0.2, -0.15) is 0 Å². The Bertz CT molecular complexity index is 1640. The zero-order valence-electron chi connectivity index (χ0n) is 17.4. The quantitative estimate of drug-likeness (QED) is 0.267. The molecule has 0 aliphatic carbocycles. The number of benzene rings is 1. The minimum Gasteiger partial charge on any atom is -0.364 e. The van der Waals surface area contributed by atoms with E-state index in [-0.39, 0.29) is 0 Å². The maximum absolute atomic E-state index is 6.23. The summed E-state index contributed by atoms with van der Waals surface area (Å²) in [6.07, 6.45) is 7.84. The van der Waals surface area contributed by atoms with E-state index < -0.39 is 0 Å². The Hall–Kier alpha value is -3.61. The predicted octanol–water partition coefficient (Wildman–Crippen LogP) is 6.50. The summed E-state index contributed by atoms with van der Waals surface area (Å²) in [7, 11) is 0. The van der Waals surface area contributed by atoms with Crippen LogP contribution >= 0.6 is 23.2 Å². The molecule has 6 aromatic rings. The summed E-state index contributed by atoms with van der Waals surface area (Å²) in [5.41, 5.74) is 6.01. The third-order valence-electron chi connectivity index (χ3n) is 5.70. The van der Waals surface area contributed by atoms with Crippen LogP contribution < -0.4 is 5.32 Å². The first-order valence-corrected chi connectivity index (χ1v) is 11.2. The number of hydrogen-bond acceptors (Lipinski definition) is 4. The molecular formula is C25H18Cl2N6. The van der Waals surface area contributed by atoms with Crippen molar-refractivity contribution in [1.29, 1.82) is 0 Å². The zero-order chi connectivity index (χ0) is 22.4. The molecule has 8 heteroatoms. The van der Waals surface area contributed by atoms with E-state index in [1.54, 1.807) is 12.4 Å². The van der Waals surface area contributed by atoms with Crippen LogP contribution in [0, 0.1) is 0 Å². The highest BCUT2D eigenvalue weighted by molar-refractivity contribution is 6.35. The van der Waals surface area contributed by atoms with E-state index in [0.717, 1.165) is 56.3 Å². The van der Waals surface area contributed by atoms with Gasteiger partial charge < -0.3 is 15.3 Å². The SMILES string of the molecule is Clc1cnc2ccc(Cc3cc4ccnc(NCc5cnc6[nH]cc(Cl)c6c5)c4[nH]3)cc2c1. The molecule has 0 atom stereocenters. The molecule has 0 saturated heterocycles. The number of pyridine rings is 3. The minimum absolute atomic E-state index is 0.587. The number of aromatic nitrogens is 5. The van der Waals surface area contributed by atoms with E-state index in [9.17, 15) is 0 Å². The molecule has 0 fully saturated rings. The minimum atomic E-state index is 0.587. The number of anilines is 1. The molecule has 0 bridgehead atoms. The van der Waals surface area contributed by atoms with Gasteiger partial charge in [0.1, 0.15) is 5.65 Å². The number of hydrogen-bond donors (Lipinski definition) is 3. The standard InChI is InChI=1S/C25H18Cl2N6/c26-18-8-17-5-14(1-2-22(17)29-12-18)6-19-9-16-3-4-28-25(23(16)33-19)31-11-15-7-20-21(27)13-32-24(20)30-10-15/h1-5,7-10,12-13,33H,6,11H2,(H,28,31)(H,30,32). The lowest BCUT2D eigenvalue weighted by molar-refractivity contribution is 1.09. The van der Waals surface area contributed by atoms with Crippen LogP contribution in [0.4, 0.5) is 5.82 Å². The van der Waals surface area contributed by atoms with Crippen molar-refractivity contribution in [3.63, 3.8) is 0 Å². The van der Waals surface area contributed by atoms with Crippen molar-refractivity contribution in [3.05, 3.63) is 94.1 Å². The third-order valence-corrected chi connectivity index (χ3v) is 6.22. The predicted molar refractivity (Wildman–Crippen MR) is 134 cm³/mol. The molecule has 0 aliphatic rings. The second kappa shape index (κ2) is 8.06. The lowest BCUT2D eigenvalue weighted by Gasteiger charge is -2.07. The van der Waals surface area contributed by atoms with Gasteiger partial charge in [-0.05, 0) is 47.5 Å². The van der Waals surface area contributed by atoms with Crippen molar-refractivity contribution in [2.45, 2.75) is 13.0 Å². The summed E-state index contributed by atoms with van der Waals surface area (Å²) in [6, 6.07) is 14.4. The largest absolute Gasteiger partial charge is 0.364 e. The second-order valence-electron chi connectivity index (χ2n) is 8.01. The van der Waals surface area contributed by atoms with Crippen molar-refractivity contribution < 1.29 is 0 Å². The number of halogens is 2. The van der Waals surface area contributed by atoms with Gasteiger partial charge in [-0.15, -0.1) is 0 Å². The van der Waals surface area contributed by atoms with Gasteiger partial charge in [0.25, 0.3) is 0 Å². The topological polar surface area (TPSA) is 82.3 Å². The fraction of sp³-hybridized carbons (Fsp3) is 0.0800. The maximum Gasteiger partial charge on any atom is 0.150 e. The van der Waals surface area contributed by atoms with Gasteiger partial charge in [-0.1, -0.05) is 29.3 Å². The van der Waals surface area contributed by atoms with Crippen LogP contribution in [0.5, 0.6) is 0 Å². The molecular weight excluding hydrogens is 455 g/mol. The third kappa shape index (κ3) is 3.88. The van der Waals surface area contributed by atoms with Crippen LogP contribution in [0.3, 0.4) is 0 Å². The van der Waals surface area contributed by atoms with Gasteiger partial charge in [0.15, 0.2) is 5.82 Å². The Morgan fingerprint density at radius 2 is 1.82 bits per heavy atom. The molecule has 6 nitrogen and oxygen atoms in total. The van der Waals surface area contributed by atoms with E-state index in [1.807, 2.05) is 36.7 Å². The highest BCUT2D eigenvalue weighted by Crippen LogP contribution is 2.26. The molecule has 0 radical (unpaired) electrons. The molecule has 0 saturated carbocycles. The zero-order valence-corrected chi connectivity index (χ0v) is 18.9. The highest BCUT2D eigenvalue weighted by atomic mass is 35.5. The van der Waals surface area contributed by atoms with Crippen molar-refractivity contribution in [3.8, 4) is 0 Å². The Kier molecular flexibility index (Phi) is 4.89. The van der Waals surface area contributed by atoms with E-state index in [2.05, 4.69) is 48.4 Å². The number of fused-ring (bicyclic) bond motifs is 3. The van der Waals surface area contributed by atoms with Gasteiger partial charge in [0.05, 0.1) is 21.1 Å². The number of rotatable bonds is 5. The molecule has 0 spiro atoms. The van der Waals surface area contributed by atoms with Gasteiger partial charge in [0, 0.05) is 59.6 Å². The van der Waals surface area contributed by atoms with Crippen LogP contribution in [0.25, 0.3) is 32.8 Å². The van der Waals surface area contributed by atoms with Gasteiger partial charge in [-0.25, -0.2) is 9.97 Å². The normalized spacial score (nSPS) is 11.6. The van der Waals surface area contributed by atoms with Crippen LogP contribution in [-0.2, 0) is 13.0 Å². The Balaban J connectivity index is 1.25. The lowest BCUT2D eigenvalue weighted by Crippen LogP contribution is -2.02. The van der Waals surface area contributed by atoms with E-state index >= 15 is 0 Å². The summed E-state index contributed by atoms with van der Waals surface area (Å²) in [5.74, 6) is 0.800. The number of aromatic amines is 2. The van der Waals surface area contributed by atoms with Crippen molar-refractivity contribution in [2.75, 3.05) is 5.32 Å². The fourth-order valence-corrected chi connectivity index (χ4v) is 4.49. The first kappa shape index (κ1) is 20.0. The van der Waals surface area contributed by atoms with Gasteiger partial charge in [0.2, 0.25) is 0 Å². The second-order valence-corrected chi connectivity index (χ2v) is 8.85. The Morgan fingerprint density at radius 1 is 0.879 bits per heavy atom. The first-order valence-electron chi connectivity index (χ1n) is 10.5. The number of H-pyrrole nitrogens is 2. The molecule has 0 aliphatic heterocycles. The monoisotopic (exact) mass is 472 g/mol. The first-order chi connectivity index (χ1) is 16.1.